The molecule has 0 saturated heterocycles. The minimum atomic E-state index is -0.953. The van der Waals surface area contributed by atoms with Gasteiger partial charge in [0.2, 0.25) is 0 Å². The number of carboxylic acids is 1. The number of thiazole rings is 1. The van der Waals surface area contributed by atoms with Crippen molar-refractivity contribution < 1.29 is 14.6 Å². The minimum Gasteiger partial charge on any atom is -0.477 e. The number of nitrogens with one attached hydrogen (secondary N) is 1. The van der Waals surface area contributed by atoms with E-state index in [-0.39, 0.29) is 4.88 Å². The van der Waals surface area contributed by atoms with Crippen molar-refractivity contribution in [2.45, 2.75) is 13.3 Å². The van der Waals surface area contributed by atoms with E-state index < -0.39 is 5.97 Å². The molecule has 2 N–H and O–H groups in total. The number of benzene rings is 2. The van der Waals surface area contributed by atoms with Gasteiger partial charge in [-0.1, -0.05) is 48.6 Å². The van der Waals surface area contributed by atoms with E-state index in [9.17, 15) is 9.90 Å². The molecule has 0 fully saturated rings. The van der Waals surface area contributed by atoms with E-state index in [4.69, 9.17) is 4.74 Å². The second-order valence-corrected chi connectivity index (χ2v) is 5.99. The highest BCUT2D eigenvalue weighted by Gasteiger charge is 2.16. The van der Waals surface area contributed by atoms with E-state index in [0.717, 1.165) is 22.8 Å². The van der Waals surface area contributed by atoms with Gasteiger partial charge in [-0.3, -0.25) is 0 Å². The Bertz CT molecular complexity index is 846. The normalized spacial score (nSPS) is 10.4. The van der Waals surface area contributed by atoms with Gasteiger partial charge in [0.05, 0.1) is 11.4 Å². The number of ether oxygens (including phenoxy) is 1. The number of aryl methyl sites for hydroxylation is 1. The summed E-state index contributed by atoms with van der Waals surface area (Å²) in [7, 11) is 0. The average molecular weight is 340 g/mol. The van der Waals surface area contributed by atoms with Crippen LogP contribution in [-0.4, -0.2) is 16.1 Å². The molecule has 122 valence electrons. The van der Waals surface area contributed by atoms with Crippen molar-refractivity contribution in [2.24, 2.45) is 0 Å². The molecular weight excluding hydrogens is 324 g/mol. The number of carboxylic acid groups (broad SMARTS) is 1. The number of hydrogen-bond donors (Lipinski definition) is 2. The van der Waals surface area contributed by atoms with Crippen molar-refractivity contribution in [3.05, 3.63) is 65.2 Å². The smallest absolute Gasteiger partial charge is 0.347 e. The lowest BCUT2D eigenvalue weighted by atomic mass is 10.3. The fourth-order valence-corrected chi connectivity index (χ4v) is 3.11. The number of anilines is 2. The zero-order valence-electron chi connectivity index (χ0n) is 13.0. The highest BCUT2D eigenvalue weighted by molar-refractivity contribution is 7.17. The van der Waals surface area contributed by atoms with Crippen LogP contribution in [0.25, 0.3) is 0 Å². The van der Waals surface area contributed by atoms with Gasteiger partial charge in [0, 0.05) is 0 Å². The van der Waals surface area contributed by atoms with Crippen LogP contribution in [-0.2, 0) is 6.42 Å². The van der Waals surface area contributed by atoms with Gasteiger partial charge in [-0.15, -0.1) is 0 Å². The molecule has 2 aromatic carbocycles. The second-order valence-electron chi connectivity index (χ2n) is 4.99. The van der Waals surface area contributed by atoms with Crippen LogP contribution in [0.3, 0.4) is 0 Å². The first-order chi connectivity index (χ1) is 11.7. The largest absolute Gasteiger partial charge is 0.477 e. The molecule has 0 aliphatic carbocycles. The van der Waals surface area contributed by atoms with Crippen molar-refractivity contribution in [2.75, 3.05) is 5.32 Å². The zero-order chi connectivity index (χ0) is 16.9. The predicted molar refractivity (Wildman–Crippen MR) is 94.7 cm³/mol. The lowest BCUT2D eigenvalue weighted by molar-refractivity contribution is 0.0701. The predicted octanol–water partition coefficient (Wildman–Crippen LogP) is 4.94. The lowest BCUT2D eigenvalue weighted by Crippen LogP contribution is -1.97. The average Bonchev–Trinajstić information content (AvgIpc) is 3.01. The highest BCUT2D eigenvalue weighted by Crippen LogP contribution is 2.33. The topological polar surface area (TPSA) is 71.5 Å². The number of aromatic nitrogens is 1. The van der Waals surface area contributed by atoms with Crippen LogP contribution < -0.4 is 10.1 Å². The highest BCUT2D eigenvalue weighted by atomic mass is 32.1. The van der Waals surface area contributed by atoms with Gasteiger partial charge in [0.25, 0.3) is 0 Å². The fraction of sp³-hybridized carbons (Fsp3) is 0.111. The third-order valence-corrected chi connectivity index (χ3v) is 4.33. The van der Waals surface area contributed by atoms with E-state index in [1.807, 2.05) is 61.5 Å². The molecule has 0 unspecified atom stereocenters. The van der Waals surface area contributed by atoms with Gasteiger partial charge in [-0.25, -0.2) is 9.78 Å². The summed E-state index contributed by atoms with van der Waals surface area (Å²) in [5, 5.41) is 12.9. The van der Waals surface area contributed by atoms with Crippen molar-refractivity contribution in [1.82, 2.24) is 4.98 Å². The molecule has 0 saturated carbocycles. The molecule has 0 atom stereocenters. The van der Waals surface area contributed by atoms with E-state index in [1.54, 1.807) is 0 Å². The molecule has 3 aromatic rings. The Hall–Kier alpha value is -2.86. The van der Waals surface area contributed by atoms with Gasteiger partial charge in [0.15, 0.2) is 10.9 Å². The second kappa shape index (κ2) is 7.14. The number of aromatic carboxylic acids is 1. The molecule has 1 aromatic heterocycles. The first-order valence-corrected chi connectivity index (χ1v) is 8.31. The van der Waals surface area contributed by atoms with E-state index >= 15 is 0 Å². The molecule has 0 aliphatic rings. The van der Waals surface area contributed by atoms with Crippen LogP contribution >= 0.6 is 11.3 Å². The summed E-state index contributed by atoms with van der Waals surface area (Å²) in [6.07, 6.45) is 0.571. The molecule has 3 rings (SSSR count). The number of nitrogens with zero attached hydrogens (tertiary/aromatic N) is 1. The van der Waals surface area contributed by atoms with Crippen LogP contribution in [0.15, 0.2) is 54.6 Å². The third-order valence-electron chi connectivity index (χ3n) is 3.33. The number of hydrogen-bond acceptors (Lipinski definition) is 5. The lowest BCUT2D eigenvalue weighted by Gasteiger charge is -2.11. The molecule has 0 radical (unpaired) electrons. The summed E-state index contributed by atoms with van der Waals surface area (Å²) in [4.78, 5) is 15.9. The van der Waals surface area contributed by atoms with E-state index in [1.165, 1.54) is 0 Å². The van der Waals surface area contributed by atoms with Gasteiger partial charge in [-0.2, -0.15) is 0 Å². The summed E-state index contributed by atoms with van der Waals surface area (Å²) in [6.45, 7) is 1.89. The van der Waals surface area contributed by atoms with Crippen molar-refractivity contribution in [3.63, 3.8) is 0 Å². The molecule has 5 nitrogen and oxygen atoms in total. The maximum Gasteiger partial charge on any atom is 0.347 e. The van der Waals surface area contributed by atoms with Gasteiger partial charge in [-0.05, 0) is 30.7 Å². The van der Waals surface area contributed by atoms with E-state index in [2.05, 4.69) is 10.3 Å². The molecule has 24 heavy (non-hydrogen) atoms. The van der Waals surface area contributed by atoms with Crippen LogP contribution in [0.2, 0.25) is 0 Å². The Labute approximate surface area is 143 Å². The number of rotatable bonds is 6. The first-order valence-electron chi connectivity index (χ1n) is 7.49. The molecule has 0 spiro atoms. The number of carbonyl (C=O) groups is 1. The quantitative estimate of drug-likeness (QED) is 0.665. The molecule has 0 amide bonds. The number of para-hydroxylation sites is 3. The van der Waals surface area contributed by atoms with Gasteiger partial charge in [0.1, 0.15) is 10.6 Å². The minimum absolute atomic E-state index is 0.265. The standard InChI is InChI=1S/C18H16N2O3S/c1-2-13-16(17(21)22)24-18(19-13)20-14-10-6-7-11-15(14)23-12-8-4-3-5-9-12/h3-11H,2H2,1H3,(H,19,20)(H,21,22). The van der Waals surface area contributed by atoms with Crippen LogP contribution in [0.4, 0.5) is 10.8 Å². The van der Waals surface area contributed by atoms with Crippen LogP contribution in [0.1, 0.15) is 22.3 Å². The maximum absolute atomic E-state index is 11.3. The van der Waals surface area contributed by atoms with Crippen molar-refractivity contribution >= 4 is 28.1 Å². The monoisotopic (exact) mass is 340 g/mol. The third kappa shape index (κ3) is 3.55. The van der Waals surface area contributed by atoms with Crippen molar-refractivity contribution in [1.29, 1.82) is 0 Å². The zero-order valence-corrected chi connectivity index (χ0v) is 13.8. The Morgan fingerprint density at radius 3 is 2.54 bits per heavy atom. The summed E-state index contributed by atoms with van der Waals surface area (Å²) in [6, 6.07) is 16.9. The Morgan fingerprint density at radius 2 is 1.88 bits per heavy atom. The molecule has 0 aliphatic heterocycles. The van der Waals surface area contributed by atoms with Gasteiger partial charge >= 0.3 is 5.97 Å². The molecule has 6 heteroatoms. The van der Waals surface area contributed by atoms with E-state index in [0.29, 0.717) is 23.0 Å². The fourth-order valence-electron chi connectivity index (χ4n) is 2.20. The molecule has 0 bridgehead atoms. The molecular formula is C18H16N2O3S. The maximum atomic E-state index is 11.3. The summed E-state index contributed by atoms with van der Waals surface area (Å²) in [5.74, 6) is 0.423. The van der Waals surface area contributed by atoms with Crippen LogP contribution in [0.5, 0.6) is 11.5 Å². The Morgan fingerprint density at radius 1 is 1.17 bits per heavy atom. The Kier molecular flexibility index (Phi) is 4.77. The molecule has 1 heterocycles. The SMILES string of the molecule is CCc1nc(Nc2ccccc2Oc2ccccc2)sc1C(=O)O. The summed E-state index contributed by atoms with van der Waals surface area (Å²) >= 11 is 1.12. The first kappa shape index (κ1) is 16.0. The summed E-state index contributed by atoms with van der Waals surface area (Å²) in [5.41, 5.74) is 1.31. The van der Waals surface area contributed by atoms with Gasteiger partial charge < -0.3 is 15.2 Å². The Balaban J connectivity index is 1.87. The van der Waals surface area contributed by atoms with Crippen LogP contribution in [0, 0.1) is 0 Å². The van der Waals surface area contributed by atoms with Crippen molar-refractivity contribution in [3.8, 4) is 11.5 Å². The summed E-state index contributed by atoms with van der Waals surface area (Å²) < 4.78 is 5.89.